The molecule has 1 aromatic heterocycles. The first-order chi connectivity index (χ1) is 7.38. The Morgan fingerprint density at radius 3 is 2.56 bits per heavy atom. The number of carbonyl (C=O) groups excluding carboxylic acids is 1. The fraction of sp³-hybridized carbons (Fsp3) is 0.455. The average molecular weight is 261 g/mol. The summed E-state index contributed by atoms with van der Waals surface area (Å²) in [5.74, 6) is 0.199. The predicted molar refractivity (Wildman–Crippen MR) is 66.1 cm³/mol. The van der Waals surface area contributed by atoms with Crippen molar-refractivity contribution in [1.29, 1.82) is 0 Å². The maximum atomic E-state index is 12.0. The van der Waals surface area contributed by atoms with Gasteiger partial charge in [0, 0.05) is 19.1 Å². The van der Waals surface area contributed by atoms with Gasteiger partial charge in [0.05, 0.1) is 10.6 Å². The first-order valence-electron chi connectivity index (χ1n) is 4.84. The summed E-state index contributed by atoms with van der Waals surface area (Å²) in [5, 5.41) is 0.510. The molecule has 0 unspecified atom stereocenters. The van der Waals surface area contributed by atoms with E-state index < -0.39 is 5.54 Å². The van der Waals surface area contributed by atoms with Crippen molar-refractivity contribution >= 4 is 29.1 Å². The van der Waals surface area contributed by atoms with Crippen LogP contribution < -0.4 is 0 Å². The summed E-state index contributed by atoms with van der Waals surface area (Å²) in [7, 11) is 1.71. The second kappa shape index (κ2) is 5.02. The standard InChI is InChI=1S/C11H14Cl2N2O/c1-11(2,7-12)15(3)10(16)9-5-4-8(13)6-14-9/h4-6H,7H2,1-3H3. The van der Waals surface area contributed by atoms with E-state index in [9.17, 15) is 4.79 Å². The van der Waals surface area contributed by atoms with E-state index >= 15 is 0 Å². The fourth-order valence-corrected chi connectivity index (χ4v) is 1.33. The second-order valence-corrected chi connectivity index (χ2v) is 4.88. The molecule has 0 aromatic carbocycles. The molecule has 88 valence electrons. The number of aromatic nitrogens is 1. The fourth-order valence-electron chi connectivity index (χ4n) is 1.04. The molecule has 5 heteroatoms. The number of carbonyl (C=O) groups is 1. The van der Waals surface area contributed by atoms with Crippen molar-refractivity contribution in [3.63, 3.8) is 0 Å². The SMILES string of the molecule is CN(C(=O)c1ccc(Cl)cn1)C(C)(C)CCl. The quantitative estimate of drug-likeness (QED) is 0.784. The van der Waals surface area contributed by atoms with Gasteiger partial charge in [-0.2, -0.15) is 0 Å². The Morgan fingerprint density at radius 2 is 2.12 bits per heavy atom. The molecule has 0 saturated heterocycles. The van der Waals surface area contributed by atoms with Crippen molar-refractivity contribution in [2.24, 2.45) is 0 Å². The molecule has 0 N–H and O–H groups in total. The lowest BCUT2D eigenvalue weighted by molar-refractivity contribution is 0.0654. The third-order valence-corrected chi connectivity index (χ3v) is 3.36. The molecule has 16 heavy (non-hydrogen) atoms. The van der Waals surface area contributed by atoms with E-state index in [1.165, 1.54) is 6.20 Å². The molecule has 0 fully saturated rings. The zero-order chi connectivity index (χ0) is 12.3. The van der Waals surface area contributed by atoms with Crippen LogP contribution in [0.3, 0.4) is 0 Å². The first kappa shape index (κ1) is 13.3. The minimum Gasteiger partial charge on any atom is -0.334 e. The zero-order valence-corrected chi connectivity index (χ0v) is 11.0. The maximum Gasteiger partial charge on any atom is 0.272 e. The number of rotatable bonds is 3. The number of amides is 1. The Labute approximate surface area is 105 Å². The van der Waals surface area contributed by atoms with Gasteiger partial charge in [-0.15, -0.1) is 11.6 Å². The largest absolute Gasteiger partial charge is 0.334 e. The van der Waals surface area contributed by atoms with Crippen molar-refractivity contribution < 1.29 is 4.79 Å². The molecule has 0 aliphatic heterocycles. The topological polar surface area (TPSA) is 33.2 Å². The van der Waals surface area contributed by atoms with Crippen LogP contribution >= 0.6 is 23.2 Å². The normalized spacial score (nSPS) is 11.3. The lowest BCUT2D eigenvalue weighted by Crippen LogP contribution is -2.46. The molecule has 0 atom stereocenters. The van der Waals surface area contributed by atoms with Crippen LogP contribution in [0.4, 0.5) is 0 Å². The Bertz CT molecular complexity index is 376. The predicted octanol–water partition coefficient (Wildman–Crippen LogP) is 2.82. The van der Waals surface area contributed by atoms with E-state index in [4.69, 9.17) is 23.2 Å². The number of hydrogen-bond acceptors (Lipinski definition) is 2. The number of alkyl halides is 1. The summed E-state index contributed by atoms with van der Waals surface area (Å²) in [4.78, 5) is 17.6. The molecule has 0 saturated carbocycles. The van der Waals surface area contributed by atoms with Crippen molar-refractivity contribution in [3.8, 4) is 0 Å². The van der Waals surface area contributed by atoms with Gasteiger partial charge in [-0.05, 0) is 26.0 Å². The lowest BCUT2D eigenvalue weighted by atomic mass is 10.1. The molecular weight excluding hydrogens is 247 g/mol. The molecule has 0 radical (unpaired) electrons. The van der Waals surface area contributed by atoms with Crippen molar-refractivity contribution in [2.45, 2.75) is 19.4 Å². The molecule has 1 rings (SSSR count). The highest BCUT2D eigenvalue weighted by Gasteiger charge is 2.27. The molecule has 3 nitrogen and oxygen atoms in total. The molecule has 1 aromatic rings. The number of hydrogen-bond donors (Lipinski definition) is 0. The lowest BCUT2D eigenvalue weighted by Gasteiger charge is -2.33. The molecule has 0 aliphatic rings. The van der Waals surface area contributed by atoms with E-state index in [1.807, 2.05) is 13.8 Å². The average Bonchev–Trinajstić information content (AvgIpc) is 2.28. The van der Waals surface area contributed by atoms with Gasteiger partial charge >= 0.3 is 0 Å². The van der Waals surface area contributed by atoms with E-state index in [0.717, 1.165) is 0 Å². The van der Waals surface area contributed by atoms with Crippen LogP contribution in [0.2, 0.25) is 5.02 Å². The molecule has 0 aliphatic carbocycles. The second-order valence-electron chi connectivity index (χ2n) is 4.17. The van der Waals surface area contributed by atoms with Gasteiger partial charge in [0.2, 0.25) is 0 Å². The van der Waals surface area contributed by atoms with Gasteiger partial charge in [0.15, 0.2) is 0 Å². The highest BCUT2D eigenvalue weighted by Crippen LogP contribution is 2.17. The number of nitrogens with zero attached hydrogens (tertiary/aromatic N) is 2. The zero-order valence-electron chi connectivity index (χ0n) is 9.50. The van der Waals surface area contributed by atoms with Gasteiger partial charge in [-0.1, -0.05) is 11.6 Å². The number of halogens is 2. The number of pyridine rings is 1. The summed E-state index contributed by atoms with van der Waals surface area (Å²) in [6.07, 6.45) is 1.45. The third-order valence-electron chi connectivity index (χ3n) is 2.49. The van der Waals surface area contributed by atoms with E-state index in [-0.39, 0.29) is 5.91 Å². The van der Waals surface area contributed by atoms with Gasteiger partial charge < -0.3 is 4.90 Å². The van der Waals surface area contributed by atoms with Gasteiger partial charge in [0.1, 0.15) is 5.69 Å². The van der Waals surface area contributed by atoms with Crippen molar-refractivity contribution in [3.05, 3.63) is 29.0 Å². The first-order valence-corrected chi connectivity index (χ1v) is 5.75. The van der Waals surface area contributed by atoms with Gasteiger partial charge in [-0.25, -0.2) is 4.98 Å². The summed E-state index contributed by atoms with van der Waals surface area (Å²) < 4.78 is 0. The van der Waals surface area contributed by atoms with Crippen LogP contribution in [0.1, 0.15) is 24.3 Å². The molecule has 1 heterocycles. The van der Waals surface area contributed by atoms with Crippen LogP contribution in [0.15, 0.2) is 18.3 Å². The van der Waals surface area contributed by atoms with Gasteiger partial charge in [0.25, 0.3) is 5.91 Å². The van der Waals surface area contributed by atoms with Crippen LogP contribution in [-0.2, 0) is 0 Å². The van der Waals surface area contributed by atoms with E-state index in [1.54, 1.807) is 24.1 Å². The summed E-state index contributed by atoms with van der Waals surface area (Å²) in [6.45, 7) is 3.79. The van der Waals surface area contributed by atoms with E-state index in [0.29, 0.717) is 16.6 Å². The molecule has 0 spiro atoms. The minimum absolute atomic E-state index is 0.165. The molecular formula is C11H14Cl2N2O. The van der Waals surface area contributed by atoms with Crippen molar-refractivity contribution in [1.82, 2.24) is 9.88 Å². The van der Waals surface area contributed by atoms with Crippen LogP contribution in [0, 0.1) is 0 Å². The van der Waals surface area contributed by atoms with Crippen molar-refractivity contribution in [2.75, 3.05) is 12.9 Å². The minimum atomic E-state index is -0.403. The third kappa shape index (κ3) is 2.86. The Morgan fingerprint density at radius 1 is 1.50 bits per heavy atom. The monoisotopic (exact) mass is 260 g/mol. The maximum absolute atomic E-state index is 12.0. The Kier molecular flexibility index (Phi) is 4.16. The molecule has 1 amide bonds. The summed E-state index contributed by atoms with van der Waals surface area (Å²) in [6, 6.07) is 3.24. The van der Waals surface area contributed by atoms with Crippen LogP contribution in [0.5, 0.6) is 0 Å². The Balaban J connectivity index is 2.90. The van der Waals surface area contributed by atoms with Crippen LogP contribution in [0.25, 0.3) is 0 Å². The highest BCUT2D eigenvalue weighted by molar-refractivity contribution is 6.30. The highest BCUT2D eigenvalue weighted by atomic mass is 35.5. The summed E-state index contributed by atoms with van der Waals surface area (Å²) >= 11 is 11.5. The summed E-state index contributed by atoms with van der Waals surface area (Å²) in [5.41, 5.74) is -0.0370. The van der Waals surface area contributed by atoms with Crippen LogP contribution in [-0.4, -0.2) is 34.3 Å². The molecule has 0 bridgehead atoms. The Hall–Kier alpha value is -0.800. The van der Waals surface area contributed by atoms with E-state index in [2.05, 4.69) is 4.98 Å². The van der Waals surface area contributed by atoms with Gasteiger partial charge in [-0.3, -0.25) is 4.79 Å². The smallest absolute Gasteiger partial charge is 0.272 e.